The molecule has 0 saturated heterocycles. The third-order valence-electron chi connectivity index (χ3n) is 2.93. The summed E-state index contributed by atoms with van der Waals surface area (Å²) in [5, 5.41) is 22.9. The fourth-order valence-electron chi connectivity index (χ4n) is 1.88. The van der Waals surface area contributed by atoms with E-state index in [0.717, 1.165) is 6.07 Å². The van der Waals surface area contributed by atoms with Gasteiger partial charge < -0.3 is 10.4 Å². The molecule has 1 saturated carbocycles. The summed E-state index contributed by atoms with van der Waals surface area (Å²) in [6.07, 6.45) is 1.00. The lowest BCUT2D eigenvalue weighted by atomic mass is 9.89. The zero-order chi connectivity index (χ0) is 12.4. The van der Waals surface area contributed by atoms with E-state index < -0.39 is 10.7 Å². The van der Waals surface area contributed by atoms with Crippen LogP contribution >= 0.6 is 0 Å². The first-order valence-corrected chi connectivity index (χ1v) is 5.40. The Morgan fingerprint density at radius 3 is 2.82 bits per heavy atom. The van der Waals surface area contributed by atoms with Gasteiger partial charge in [0.15, 0.2) is 0 Å². The molecule has 6 heteroatoms. The summed E-state index contributed by atoms with van der Waals surface area (Å²) in [5.41, 5.74) is 0.246. The monoisotopic (exact) mass is 240 g/mol. The van der Waals surface area contributed by atoms with E-state index in [1.165, 1.54) is 12.1 Å². The first-order chi connectivity index (χ1) is 8.06. The Kier molecular flexibility index (Phi) is 3.35. The highest BCUT2D eigenvalue weighted by Gasteiger charge is 2.27. The lowest BCUT2D eigenvalue weighted by Gasteiger charge is -2.32. The van der Waals surface area contributed by atoms with Crippen molar-refractivity contribution in [1.82, 2.24) is 5.32 Å². The fraction of sp³-hybridized carbons (Fsp3) is 0.455. The molecule has 1 fully saturated rings. The van der Waals surface area contributed by atoms with Crippen LogP contribution in [-0.2, 0) is 6.54 Å². The van der Waals surface area contributed by atoms with Crippen LogP contribution < -0.4 is 5.32 Å². The zero-order valence-electron chi connectivity index (χ0n) is 9.10. The van der Waals surface area contributed by atoms with Gasteiger partial charge in [0.2, 0.25) is 0 Å². The van der Waals surface area contributed by atoms with E-state index in [1.807, 2.05) is 0 Å². The van der Waals surface area contributed by atoms with Crippen molar-refractivity contribution in [3.8, 4) is 0 Å². The van der Waals surface area contributed by atoms with Crippen molar-refractivity contribution in [3.05, 3.63) is 39.7 Å². The highest BCUT2D eigenvalue weighted by molar-refractivity contribution is 5.40. The average Bonchev–Trinajstić information content (AvgIpc) is 2.22. The maximum absolute atomic E-state index is 13.0. The average molecular weight is 240 g/mol. The van der Waals surface area contributed by atoms with Gasteiger partial charge in [-0.2, -0.15) is 0 Å². The molecule has 1 aliphatic rings. The molecule has 0 aromatic heterocycles. The number of nitro benzene ring substituents is 1. The quantitative estimate of drug-likeness (QED) is 0.615. The Hall–Kier alpha value is -1.53. The number of aliphatic hydroxyl groups excluding tert-OH is 1. The van der Waals surface area contributed by atoms with E-state index in [9.17, 15) is 14.5 Å². The number of aliphatic hydroxyl groups is 1. The molecule has 0 unspecified atom stereocenters. The second-order valence-electron chi connectivity index (χ2n) is 4.23. The molecule has 1 aliphatic carbocycles. The minimum atomic E-state index is -0.522. The largest absolute Gasteiger partial charge is 0.393 e. The summed E-state index contributed by atoms with van der Waals surface area (Å²) >= 11 is 0. The van der Waals surface area contributed by atoms with Crippen LogP contribution in [0.25, 0.3) is 0 Å². The van der Waals surface area contributed by atoms with Gasteiger partial charge in [0.1, 0.15) is 5.82 Å². The van der Waals surface area contributed by atoms with E-state index in [4.69, 9.17) is 5.11 Å². The number of rotatable bonds is 4. The van der Waals surface area contributed by atoms with Crippen molar-refractivity contribution in [2.24, 2.45) is 0 Å². The maximum atomic E-state index is 13.0. The minimum Gasteiger partial charge on any atom is -0.393 e. The van der Waals surface area contributed by atoms with Gasteiger partial charge >= 0.3 is 0 Å². The van der Waals surface area contributed by atoms with Crippen molar-refractivity contribution in [2.75, 3.05) is 0 Å². The molecular formula is C11H13FN2O3. The van der Waals surface area contributed by atoms with Crippen LogP contribution in [0, 0.1) is 15.9 Å². The van der Waals surface area contributed by atoms with Gasteiger partial charge in [0.05, 0.1) is 11.0 Å². The normalized spacial score (nSPS) is 23.2. The summed E-state index contributed by atoms with van der Waals surface area (Å²) in [7, 11) is 0. The van der Waals surface area contributed by atoms with Crippen LogP contribution in [0.3, 0.4) is 0 Å². The van der Waals surface area contributed by atoms with E-state index in [1.54, 1.807) is 0 Å². The van der Waals surface area contributed by atoms with Crippen molar-refractivity contribution in [3.63, 3.8) is 0 Å². The van der Waals surface area contributed by atoms with Gasteiger partial charge in [0.25, 0.3) is 5.69 Å². The van der Waals surface area contributed by atoms with Gasteiger partial charge in [-0.25, -0.2) is 4.39 Å². The molecule has 0 radical (unpaired) electrons. The van der Waals surface area contributed by atoms with Crippen LogP contribution in [0.2, 0.25) is 0 Å². The molecule has 0 atom stereocenters. The lowest BCUT2D eigenvalue weighted by Crippen LogP contribution is -2.43. The molecule has 2 rings (SSSR count). The van der Waals surface area contributed by atoms with Crippen LogP contribution in [0.4, 0.5) is 10.1 Å². The summed E-state index contributed by atoms with van der Waals surface area (Å²) < 4.78 is 13.0. The van der Waals surface area contributed by atoms with Crippen LogP contribution in [0.5, 0.6) is 0 Å². The summed E-state index contributed by atoms with van der Waals surface area (Å²) in [5.74, 6) is -0.485. The van der Waals surface area contributed by atoms with Gasteiger partial charge in [-0.15, -0.1) is 0 Å². The number of hydrogen-bond acceptors (Lipinski definition) is 4. The van der Waals surface area contributed by atoms with Crippen LogP contribution in [0.15, 0.2) is 18.2 Å². The van der Waals surface area contributed by atoms with Crippen molar-refractivity contribution in [1.29, 1.82) is 0 Å². The Balaban J connectivity index is 2.03. The Bertz CT molecular complexity index is 433. The predicted molar refractivity (Wildman–Crippen MR) is 58.9 cm³/mol. The molecular weight excluding hydrogens is 227 g/mol. The van der Waals surface area contributed by atoms with Gasteiger partial charge in [0, 0.05) is 24.2 Å². The standard InChI is InChI=1S/C11H13FN2O3/c12-8-1-2-11(14(16)17)7(3-8)6-13-9-4-10(15)5-9/h1-3,9-10,13,15H,4-6H2. The molecule has 1 aromatic carbocycles. The van der Waals surface area contributed by atoms with E-state index in [2.05, 4.69) is 5.32 Å². The highest BCUT2D eigenvalue weighted by Crippen LogP contribution is 2.23. The van der Waals surface area contributed by atoms with Gasteiger partial charge in [-0.3, -0.25) is 10.1 Å². The van der Waals surface area contributed by atoms with E-state index in [0.29, 0.717) is 18.4 Å². The Labute approximate surface area is 97.4 Å². The van der Waals surface area contributed by atoms with Crippen LogP contribution in [-0.4, -0.2) is 22.2 Å². The number of nitrogens with one attached hydrogen (secondary N) is 1. The fourth-order valence-corrected chi connectivity index (χ4v) is 1.88. The van der Waals surface area contributed by atoms with Crippen molar-refractivity contribution < 1.29 is 14.4 Å². The molecule has 5 nitrogen and oxygen atoms in total. The van der Waals surface area contributed by atoms with Crippen molar-refractivity contribution in [2.45, 2.75) is 31.5 Å². The molecule has 0 spiro atoms. The summed E-state index contributed by atoms with van der Waals surface area (Å²) in [6.45, 7) is 0.242. The van der Waals surface area contributed by atoms with Crippen molar-refractivity contribution >= 4 is 5.69 Å². The maximum Gasteiger partial charge on any atom is 0.274 e. The third kappa shape index (κ3) is 2.78. The number of hydrogen-bond donors (Lipinski definition) is 2. The first kappa shape index (κ1) is 11.9. The number of nitro groups is 1. The van der Waals surface area contributed by atoms with E-state index >= 15 is 0 Å². The molecule has 1 aromatic rings. The molecule has 92 valence electrons. The number of nitrogens with zero attached hydrogens (tertiary/aromatic N) is 1. The highest BCUT2D eigenvalue weighted by atomic mass is 19.1. The molecule has 0 heterocycles. The topological polar surface area (TPSA) is 75.4 Å². The van der Waals surface area contributed by atoms with Crippen LogP contribution in [0.1, 0.15) is 18.4 Å². The van der Waals surface area contributed by atoms with Gasteiger partial charge in [-0.1, -0.05) is 0 Å². The smallest absolute Gasteiger partial charge is 0.274 e. The first-order valence-electron chi connectivity index (χ1n) is 5.40. The minimum absolute atomic E-state index is 0.0845. The Morgan fingerprint density at radius 2 is 2.24 bits per heavy atom. The lowest BCUT2D eigenvalue weighted by molar-refractivity contribution is -0.385. The zero-order valence-corrected chi connectivity index (χ0v) is 9.10. The molecule has 2 N–H and O–H groups in total. The summed E-state index contributed by atoms with van der Waals surface area (Å²) in [6, 6.07) is 3.57. The molecule has 0 aliphatic heterocycles. The Morgan fingerprint density at radius 1 is 1.53 bits per heavy atom. The second kappa shape index (κ2) is 4.77. The number of halogens is 1. The van der Waals surface area contributed by atoms with Gasteiger partial charge in [-0.05, 0) is 25.0 Å². The third-order valence-corrected chi connectivity index (χ3v) is 2.93. The molecule has 17 heavy (non-hydrogen) atoms. The van der Waals surface area contributed by atoms with E-state index in [-0.39, 0.29) is 24.4 Å². The number of benzene rings is 1. The molecule has 0 amide bonds. The summed E-state index contributed by atoms with van der Waals surface area (Å²) in [4.78, 5) is 10.2. The SMILES string of the molecule is O=[N+]([O-])c1ccc(F)cc1CNC1CC(O)C1. The second-order valence-corrected chi connectivity index (χ2v) is 4.23. The predicted octanol–water partition coefficient (Wildman–Crippen LogP) is 1.35. The molecule has 0 bridgehead atoms.